The van der Waals surface area contributed by atoms with Crippen molar-refractivity contribution >= 4 is 11.8 Å². The Balaban J connectivity index is 2.35. The largest absolute Gasteiger partial charge is 0.439 e. The molecule has 0 aliphatic carbocycles. The lowest BCUT2D eigenvalue weighted by molar-refractivity contribution is 0.454. The number of rotatable bonds is 3. The third-order valence-corrected chi connectivity index (χ3v) is 3.20. The van der Waals surface area contributed by atoms with E-state index in [1.165, 1.54) is 17.8 Å². The number of aryl methyl sites for hydroxylation is 1. The summed E-state index contributed by atoms with van der Waals surface area (Å²) in [4.78, 5) is 4.91. The minimum Gasteiger partial charge on any atom is -0.439 e. The topological polar surface area (TPSA) is 52.0 Å². The van der Waals surface area contributed by atoms with E-state index in [4.69, 9.17) is 10.2 Å². The van der Waals surface area contributed by atoms with Crippen LogP contribution in [0, 0.1) is 12.7 Å². The van der Waals surface area contributed by atoms with Gasteiger partial charge in [-0.05, 0) is 37.7 Å². The maximum atomic E-state index is 13.7. The molecule has 1 atom stereocenters. The molecule has 5 heteroatoms. The van der Waals surface area contributed by atoms with Gasteiger partial charge in [-0.15, -0.1) is 0 Å². The normalized spacial score (nSPS) is 12.7. The number of nitrogens with zero attached hydrogens (tertiary/aromatic N) is 1. The molecule has 0 aliphatic rings. The highest BCUT2D eigenvalue weighted by Crippen LogP contribution is 2.33. The van der Waals surface area contributed by atoms with Gasteiger partial charge in [0.1, 0.15) is 12.1 Å². The van der Waals surface area contributed by atoms with Crippen molar-refractivity contribution in [3.05, 3.63) is 41.5 Å². The lowest BCUT2D eigenvalue weighted by atomic mass is 10.1. The van der Waals surface area contributed by atoms with E-state index >= 15 is 0 Å². The number of aromatic nitrogens is 1. The van der Waals surface area contributed by atoms with E-state index in [0.29, 0.717) is 10.8 Å². The SMILES string of the molecule is Cc1coc(Sc2cccc(F)c2[C@@H](C)N)n1. The van der Waals surface area contributed by atoms with Crippen LogP contribution >= 0.6 is 11.8 Å². The van der Waals surface area contributed by atoms with E-state index in [1.807, 2.05) is 13.0 Å². The van der Waals surface area contributed by atoms with Gasteiger partial charge in [0.2, 0.25) is 0 Å². The summed E-state index contributed by atoms with van der Waals surface area (Å²) in [5.74, 6) is -0.298. The molecule has 0 aliphatic heterocycles. The van der Waals surface area contributed by atoms with Crippen molar-refractivity contribution in [3.8, 4) is 0 Å². The second-order valence-corrected chi connectivity index (χ2v) is 4.79. The molecule has 0 saturated heterocycles. The number of nitrogens with two attached hydrogens (primary N) is 1. The van der Waals surface area contributed by atoms with Gasteiger partial charge in [-0.3, -0.25) is 0 Å². The molecule has 1 heterocycles. The number of hydrogen-bond donors (Lipinski definition) is 1. The lowest BCUT2D eigenvalue weighted by Crippen LogP contribution is -2.08. The van der Waals surface area contributed by atoms with Gasteiger partial charge in [0.25, 0.3) is 5.22 Å². The molecule has 1 aromatic heterocycles. The maximum Gasteiger partial charge on any atom is 0.260 e. The van der Waals surface area contributed by atoms with Crippen molar-refractivity contribution in [1.82, 2.24) is 4.98 Å². The van der Waals surface area contributed by atoms with Crippen LogP contribution < -0.4 is 5.73 Å². The average Bonchev–Trinajstić information content (AvgIpc) is 2.63. The predicted molar refractivity (Wildman–Crippen MR) is 64.4 cm³/mol. The molecule has 1 aromatic carbocycles. The molecule has 3 nitrogen and oxygen atoms in total. The number of halogens is 1. The Morgan fingerprint density at radius 3 is 2.82 bits per heavy atom. The standard InChI is InChI=1S/C12H13FN2OS/c1-7-6-16-12(15-7)17-10-5-3-4-9(13)11(10)8(2)14/h3-6,8H,14H2,1-2H3/t8-/m1/s1. The van der Waals surface area contributed by atoms with E-state index in [2.05, 4.69) is 4.98 Å². The Morgan fingerprint density at radius 1 is 1.47 bits per heavy atom. The van der Waals surface area contributed by atoms with E-state index in [-0.39, 0.29) is 11.9 Å². The summed E-state index contributed by atoms with van der Waals surface area (Å²) in [6, 6.07) is 4.50. The van der Waals surface area contributed by atoms with Crippen molar-refractivity contribution in [1.29, 1.82) is 0 Å². The summed E-state index contributed by atoms with van der Waals surface area (Å²) in [5.41, 5.74) is 7.06. The predicted octanol–water partition coefficient (Wildman–Crippen LogP) is 3.29. The quantitative estimate of drug-likeness (QED) is 0.910. The number of hydrogen-bond acceptors (Lipinski definition) is 4. The zero-order valence-electron chi connectivity index (χ0n) is 9.61. The Kier molecular flexibility index (Phi) is 3.49. The first kappa shape index (κ1) is 12.1. The Bertz CT molecular complexity index is 525. The van der Waals surface area contributed by atoms with Crippen molar-refractivity contribution in [2.24, 2.45) is 5.73 Å². The van der Waals surface area contributed by atoms with Crippen LogP contribution in [-0.4, -0.2) is 4.98 Å². The van der Waals surface area contributed by atoms with Gasteiger partial charge < -0.3 is 10.2 Å². The van der Waals surface area contributed by atoms with Crippen molar-refractivity contribution in [2.45, 2.75) is 30.0 Å². The van der Waals surface area contributed by atoms with Crippen molar-refractivity contribution in [2.75, 3.05) is 0 Å². The van der Waals surface area contributed by atoms with E-state index in [1.54, 1.807) is 19.3 Å². The van der Waals surface area contributed by atoms with Gasteiger partial charge in [-0.1, -0.05) is 6.07 Å². The molecular weight excluding hydrogens is 239 g/mol. The van der Waals surface area contributed by atoms with Gasteiger partial charge in [-0.2, -0.15) is 0 Å². The molecule has 17 heavy (non-hydrogen) atoms. The molecule has 0 radical (unpaired) electrons. The second kappa shape index (κ2) is 4.89. The first-order chi connectivity index (χ1) is 8.08. The first-order valence-electron chi connectivity index (χ1n) is 5.22. The van der Waals surface area contributed by atoms with Gasteiger partial charge in [0.15, 0.2) is 0 Å². The Hall–Kier alpha value is -1.33. The zero-order valence-corrected chi connectivity index (χ0v) is 10.4. The van der Waals surface area contributed by atoms with Crippen LogP contribution in [0.4, 0.5) is 4.39 Å². The van der Waals surface area contributed by atoms with E-state index in [9.17, 15) is 4.39 Å². The average molecular weight is 252 g/mol. The summed E-state index contributed by atoms with van der Waals surface area (Å²) in [7, 11) is 0. The minimum absolute atomic E-state index is 0.298. The van der Waals surface area contributed by atoms with Crippen LogP contribution in [-0.2, 0) is 0 Å². The minimum atomic E-state index is -0.366. The molecule has 0 amide bonds. The van der Waals surface area contributed by atoms with Crippen molar-refractivity contribution in [3.63, 3.8) is 0 Å². The Labute approximate surface area is 103 Å². The first-order valence-corrected chi connectivity index (χ1v) is 6.03. The number of oxazole rings is 1. The monoisotopic (exact) mass is 252 g/mol. The van der Waals surface area contributed by atoms with Crippen molar-refractivity contribution < 1.29 is 8.81 Å². The fourth-order valence-electron chi connectivity index (χ4n) is 1.52. The fraction of sp³-hybridized carbons (Fsp3) is 0.250. The molecule has 0 spiro atoms. The highest BCUT2D eigenvalue weighted by atomic mass is 32.2. The molecule has 2 rings (SSSR count). The van der Waals surface area contributed by atoms with Gasteiger partial charge >= 0.3 is 0 Å². The molecule has 90 valence electrons. The summed E-state index contributed by atoms with van der Waals surface area (Å²) in [6.07, 6.45) is 1.56. The smallest absolute Gasteiger partial charge is 0.260 e. The van der Waals surface area contributed by atoms with Gasteiger partial charge in [-0.25, -0.2) is 9.37 Å². The van der Waals surface area contributed by atoms with Crippen LogP contribution in [0.1, 0.15) is 24.2 Å². The van der Waals surface area contributed by atoms with Crippen LogP contribution in [0.5, 0.6) is 0 Å². The molecule has 2 N–H and O–H groups in total. The summed E-state index contributed by atoms with van der Waals surface area (Å²) < 4.78 is 18.9. The van der Waals surface area contributed by atoms with Crippen LogP contribution in [0.3, 0.4) is 0 Å². The number of benzene rings is 1. The molecular formula is C12H13FN2OS. The van der Waals surface area contributed by atoms with Gasteiger partial charge in [0.05, 0.1) is 5.69 Å². The Morgan fingerprint density at radius 2 is 2.24 bits per heavy atom. The zero-order chi connectivity index (χ0) is 12.4. The summed E-state index contributed by atoms with van der Waals surface area (Å²) in [5, 5.41) is 0.495. The highest BCUT2D eigenvalue weighted by Gasteiger charge is 2.15. The van der Waals surface area contributed by atoms with E-state index in [0.717, 1.165) is 10.6 Å². The molecule has 0 saturated carbocycles. The second-order valence-electron chi connectivity index (χ2n) is 3.80. The van der Waals surface area contributed by atoms with Gasteiger partial charge in [0, 0.05) is 16.5 Å². The van der Waals surface area contributed by atoms with E-state index < -0.39 is 0 Å². The fourth-order valence-corrected chi connectivity index (χ4v) is 2.54. The molecule has 0 unspecified atom stereocenters. The van der Waals surface area contributed by atoms with Crippen LogP contribution in [0.2, 0.25) is 0 Å². The van der Waals surface area contributed by atoms with Crippen LogP contribution in [0.25, 0.3) is 0 Å². The molecule has 2 aromatic rings. The van der Waals surface area contributed by atoms with Crippen LogP contribution in [0.15, 0.2) is 39.0 Å². The molecule has 0 bridgehead atoms. The third-order valence-electron chi connectivity index (χ3n) is 2.26. The highest BCUT2D eigenvalue weighted by molar-refractivity contribution is 7.99. The lowest BCUT2D eigenvalue weighted by Gasteiger charge is -2.11. The maximum absolute atomic E-state index is 13.7. The summed E-state index contributed by atoms with van der Waals surface area (Å²) >= 11 is 1.28. The summed E-state index contributed by atoms with van der Waals surface area (Å²) in [6.45, 7) is 3.59. The third kappa shape index (κ3) is 2.68. The molecule has 0 fully saturated rings.